The van der Waals surface area contributed by atoms with Crippen molar-refractivity contribution in [1.29, 1.82) is 0 Å². The van der Waals surface area contributed by atoms with Crippen LogP contribution in [-0.4, -0.2) is 25.6 Å². The van der Waals surface area contributed by atoms with Gasteiger partial charge in [0.2, 0.25) is 5.65 Å². The number of hydrogen-bond acceptors (Lipinski definition) is 4. The summed E-state index contributed by atoms with van der Waals surface area (Å²) in [5, 5.41) is 11.5. The molecule has 0 saturated heterocycles. The zero-order chi connectivity index (χ0) is 18.0. The van der Waals surface area contributed by atoms with E-state index in [4.69, 9.17) is 0 Å². The highest BCUT2D eigenvalue weighted by Crippen LogP contribution is 2.41. The summed E-state index contributed by atoms with van der Waals surface area (Å²) < 4.78 is 1.72. The molecule has 0 spiro atoms. The largest absolute Gasteiger partial charge is 0.324 e. The zero-order valence-corrected chi connectivity index (χ0v) is 15.4. The molecule has 2 aromatic heterocycles. The van der Waals surface area contributed by atoms with E-state index in [0.29, 0.717) is 23.5 Å². The van der Waals surface area contributed by atoms with Crippen molar-refractivity contribution in [3.63, 3.8) is 0 Å². The first-order valence-corrected chi connectivity index (χ1v) is 8.88. The Hall–Kier alpha value is -2.21. The maximum Gasteiger partial charge on any atom is 0.293 e. The van der Waals surface area contributed by atoms with Gasteiger partial charge in [0.15, 0.2) is 5.82 Å². The minimum Gasteiger partial charge on any atom is -0.324 e. The van der Waals surface area contributed by atoms with Crippen LogP contribution in [0, 0.1) is 11.3 Å². The van der Waals surface area contributed by atoms with Crippen LogP contribution >= 0.6 is 0 Å². The van der Waals surface area contributed by atoms with Gasteiger partial charge in [-0.15, -0.1) is 10.2 Å². The third-order valence-corrected chi connectivity index (χ3v) is 5.17. The van der Waals surface area contributed by atoms with Gasteiger partial charge in [-0.2, -0.15) is 0 Å². The monoisotopic (exact) mass is 341 g/mol. The lowest BCUT2D eigenvalue weighted by Gasteiger charge is -2.36. The molecule has 1 aliphatic rings. The third kappa shape index (κ3) is 3.74. The smallest absolute Gasteiger partial charge is 0.293 e. The molecule has 3 rings (SSSR count). The van der Waals surface area contributed by atoms with Crippen LogP contribution in [0.15, 0.2) is 41.0 Å². The lowest BCUT2D eigenvalue weighted by molar-refractivity contribution is 0.255. The minimum absolute atomic E-state index is 0.208. The molecule has 2 unspecified atom stereocenters. The maximum absolute atomic E-state index is 11.7. The molecule has 0 amide bonds. The SMILES string of the molecule is CC1=CCCC(C)(C)C1/C=C/C(C)NCc1nnc2c(=O)[nH]ccn12. The summed E-state index contributed by atoms with van der Waals surface area (Å²) in [5.41, 5.74) is 1.87. The van der Waals surface area contributed by atoms with Crippen LogP contribution in [0.1, 0.15) is 46.4 Å². The molecular weight excluding hydrogens is 314 g/mol. The fraction of sp³-hybridized carbons (Fsp3) is 0.526. The van der Waals surface area contributed by atoms with E-state index in [0.717, 1.165) is 5.82 Å². The Bertz CT molecular complexity index is 858. The Morgan fingerprint density at radius 3 is 3.04 bits per heavy atom. The van der Waals surface area contributed by atoms with Gasteiger partial charge < -0.3 is 10.3 Å². The van der Waals surface area contributed by atoms with Gasteiger partial charge in [-0.05, 0) is 32.1 Å². The molecule has 0 radical (unpaired) electrons. The summed E-state index contributed by atoms with van der Waals surface area (Å²) in [7, 11) is 0. The second kappa shape index (κ2) is 6.96. The Balaban J connectivity index is 1.65. The zero-order valence-electron chi connectivity index (χ0n) is 15.4. The van der Waals surface area contributed by atoms with Gasteiger partial charge in [0.25, 0.3) is 5.56 Å². The summed E-state index contributed by atoms with van der Waals surface area (Å²) >= 11 is 0. The normalized spacial score (nSPS) is 21.6. The number of fused-ring (bicyclic) bond motifs is 1. The Morgan fingerprint density at radius 1 is 1.48 bits per heavy atom. The molecule has 25 heavy (non-hydrogen) atoms. The predicted molar refractivity (Wildman–Crippen MR) is 99.3 cm³/mol. The summed E-state index contributed by atoms with van der Waals surface area (Å²) in [6.07, 6.45) is 12.7. The molecule has 2 heterocycles. The van der Waals surface area contributed by atoms with E-state index in [1.807, 2.05) is 0 Å². The summed E-state index contributed by atoms with van der Waals surface area (Å²) in [5.74, 6) is 1.22. The summed E-state index contributed by atoms with van der Waals surface area (Å²) in [6.45, 7) is 9.60. The van der Waals surface area contributed by atoms with Crippen molar-refractivity contribution in [2.24, 2.45) is 11.3 Å². The Morgan fingerprint density at radius 2 is 2.28 bits per heavy atom. The van der Waals surface area contributed by atoms with Crippen LogP contribution in [0.25, 0.3) is 5.65 Å². The van der Waals surface area contributed by atoms with Crippen molar-refractivity contribution in [2.45, 2.75) is 53.1 Å². The summed E-state index contributed by atoms with van der Waals surface area (Å²) in [6, 6.07) is 0.208. The van der Waals surface area contributed by atoms with Crippen molar-refractivity contribution < 1.29 is 0 Å². The quantitative estimate of drug-likeness (QED) is 0.820. The number of aromatic amines is 1. The molecule has 0 aromatic carbocycles. The van der Waals surface area contributed by atoms with Crippen molar-refractivity contribution in [3.05, 3.63) is 52.4 Å². The van der Waals surface area contributed by atoms with Crippen molar-refractivity contribution >= 4 is 5.65 Å². The molecule has 0 saturated carbocycles. The number of aromatic nitrogens is 4. The summed E-state index contributed by atoms with van der Waals surface area (Å²) in [4.78, 5) is 14.3. The van der Waals surface area contributed by atoms with Gasteiger partial charge in [0, 0.05) is 24.4 Å². The van der Waals surface area contributed by atoms with Gasteiger partial charge in [-0.3, -0.25) is 9.20 Å². The molecule has 2 atom stereocenters. The first-order chi connectivity index (χ1) is 11.9. The van der Waals surface area contributed by atoms with Gasteiger partial charge in [-0.1, -0.05) is 37.6 Å². The number of nitrogens with zero attached hydrogens (tertiary/aromatic N) is 3. The highest BCUT2D eigenvalue weighted by atomic mass is 16.1. The second-order valence-corrected chi connectivity index (χ2v) is 7.61. The maximum atomic E-state index is 11.7. The average Bonchev–Trinajstić information content (AvgIpc) is 2.96. The van der Waals surface area contributed by atoms with E-state index >= 15 is 0 Å². The van der Waals surface area contributed by atoms with Gasteiger partial charge in [0.05, 0.1) is 6.54 Å². The standard InChI is InChI=1S/C19H27N5O/c1-13-6-5-9-19(3,4)15(13)8-7-14(2)21-12-16-22-23-17-18(25)20-10-11-24(16)17/h6-8,10-11,14-15,21H,5,9,12H2,1-4H3,(H,20,25)/b8-7+. The van der Waals surface area contributed by atoms with Crippen molar-refractivity contribution in [2.75, 3.05) is 0 Å². The molecule has 0 bridgehead atoms. The van der Waals surface area contributed by atoms with Crippen LogP contribution in [0.3, 0.4) is 0 Å². The van der Waals surface area contributed by atoms with E-state index < -0.39 is 0 Å². The third-order valence-electron chi connectivity index (χ3n) is 5.17. The Labute approximate surface area is 148 Å². The topological polar surface area (TPSA) is 75.1 Å². The van der Waals surface area contributed by atoms with Crippen LogP contribution < -0.4 is 10.9 Å². The molecule has 6 heteroatoms. The highest BCUT2D eigenvalue weighted by Gasteiger charge is 2.30. The Kier molecular flexibility index (Phi) is 4.90. The molecule has 134 valence electrons. The number of H-pyrrole nitrogens is 1. The van der Waals surface area contributed by atoms with E-state index in [9.17, 15) is 4.79 Å². The fourth-order valence-corrected chi connectivity index (χ4v) is 3.59. The van der Waals surface area contributed by atoms with E-state index in [1.165, 1.54) is 18.4 Å². The molecule has 2 N–H and O–H groups in total. The van der Waals surface area contributed by atoms with Gasteiger partial charge >= 0.3 is 0 Å². The second-order valence-electron chi connectivity index (χ2n) is 7.61. The predicted octanol–water partition coefficient (Wildman–Crippen LogP) is 2.83. The first kappa shape index (κ1) is 17.6. The number of nitrogens with one attached hydrogen (secondary N) is 2. The lowest BCUT2D eigenvalue weighted by atomic mass is 9.68. The van der Waals surface area contributed by atoms with Gasteiger partial charge in [-0.25, -0.2) is 0 Å². The van der Waals surface area contributed by atoms with Crippen molar-refractivity contribution in [1.82, 2.24) is 24.9 Å². The molecule has 0 fully saturated rings. The number of hydrogen-bond donors (Lipinski definition) is 2. The average molecular weight is 341 g/mol. The van der Waals surface area contributed by atoms with E-state index in [2.05, 4.69) is 66.4 Å². The minimum atomic E-state index is -0.226. The molecule has 6 nitrogen and oxygen atoms in total. The van der Waals surface area contributed by atoms with E-state index in [1.54, 1.807) is 16.8 Å². The van der Waals surface area contributed by atoms with Crippen LogP contribution in [0.4, 0.5) is 0 Å². The molecule has 1 aliphatic carbocycles. The van der Waals surface area contributed by atoms with Crippen molar-refractivity contribution in [3.8, 4) is 0 Å². The molecular formula is C19H27N5O. The lowest BCUT2D eigenvalue weighted by Crippen LogP contribution is -2.28. The first-order valence-electron chi connectivity index (χ1n) is 8.88. The molecule has 2 aromatic rings. The molecule has 0 aliphatic heterocycles. The van der Waals surface area contributed by atoms with Crippen LogP contribution in [0.5, 0.6) is 0 Å². The van der Waals surface area contributed by atoms with Crippen LogP contribution in [0.2, 0.25) is 0 Å². The fourth-order valence-electron chi connectivity index (χ4n) is 3.59. The number of rotatable bonds is 5. The van der Waals surface area contributed by atoms with Crippen LogP contribution in [-0.2, 0) is 6.54 Å². The van der Waals surface area contributed by atoms with E-state index in [-0.39, 0.29) is 11.6 Å². The number of allylic oxidation sites excluding steroid dienone is 3. The van der Waals surface area contributed by atoms with Gasteiger partial charge in [0.1, 0.15) is 0 Å². The highest BCUT2D eigenvalue weighted by molar-refractivity contribution is 5.33.